The first-order valence-corrected chi connectivity index (χ1v) is 7.45. The van der Waals surface area contributed by atoms with Crippen molar-refractivity contribution in [1.82, 2.24) is 10.3 Å². The van der Waals surface area contributed by atoms with Gasteiger partial charge in [-0.3, -0.25) is 9.59 Å². The molecule has 0 aliphatic carbocycles. The number of hydrogen-bond acceptors (Lipinski definition) is 6. The van der Waals surface area contributed by atoms with E-state index < -0.39 is 11.9 Å². The van der Waals surface area contributed by atoms with Gasteiger partial charge in [0.15, 0.2) is 0 Å². The molecule has 6 nitrogen and oxygen atoms in total. The van der Waals surface area contributed by atoms with Crippen LogP contribution >= 0.6 is 11.3 Å². The number of carbonyl (C=O) groups is 2. The summed E-state index contributed by atoms with van der Waals surface area (Å²) in [6.07, 6.45) is 0. The van der Waals surface area contributed by atoms with Crippen molar-refractivity contribution in [2.75, 3.05) is 13.7 Å². The van der Waals surface area contributed by atoms with Crippen LogP contribution in [0.25, 0.3) is 0 Å². The van der Waals surface area contributed by atoms with E-state index in [2.05, 4.69) is 15.0 Å². The van der Waals surface area contributed by atoms with E-state index in [9.17, 15) is 9.59 Å². The number of methoxy groups -OCH3 is 1. The lowest BCUT2D eigenvalue weighted by Gasteiger charge is -2.04. The number of esters is 1. The van der Waals surface area contributed by atoms with Gasteiger partial charge in [0.1, 0.15) is 29.6 Å². The number of benzene rings is 1. The Morgan fingerprint density at radius 2 is 2.00 bits per heavy atom. The summed E-state index contributed by atoms with van der Waals surface area (Å²) in [6.45, 7) is 2.11. The van der Waals surface area contributed by atoms with E-state index in [1.165, 1.54) is 18.4 Å². The Kier molecular flexibility index (Phi) is 5.48. The third-order valence-corrected chi connectivity index (χ3v) is 3.61. The number of aryl methyl sites for hydroxylation is 1. The zero-order valence-electron chi connectivity index (χ0n) is 12.3. The summed E-state index contributed by atoms with van der Waals surface area (Å²) in [6, 6.07) is 7.69. The molecule has 0 aliphatic heterocycles. The van der Waals surface area contributed by atoms with E-state index in [4.69, 9.17) is 4.74 Å². The summed E-state index contributed by atoms with van der Waals surface area (Å²) in [5.74, 6) is -0.174. The van der Waals surface area contributed by atoms with E-state index in [0.717, 1.165) is 11.3 Å². The summed E-state index contributed by atoms with van der Waals surface area (Å²) < 4.78 is 10.0. The van der Waals surface area contributed by atoms with Gasteiger partial charge >= 0.3 is 5.97 Å². The predicted octanol–water partition coefficient (Wildman–Crippen LogP) is 1.93. The van der Waals surface area contributed by atoms with Crippen LogP contribution in [0.3, 0.4) is 0 Å². The van der Waals surface area contributed by atoms with Crippen molar-refractivity contribution in [3.8, 4) is 5.75 Å². The second-order valence-electron chi connectivity index (χ2n) is 4.49. The number of nitrogens with one attached hydrogen (secondary N) is 1. The van der Waals surface area contributed by atoms with Gasteiger partial charge in [-0.05, 0) is 19.1 Å². The summed E-state index contributed by atoms with van der Waals surface area (Å²) in [7, 11) is 1.26. The molecule has 0 fully saturated rings. The van der Waals surface area contributed by atoms with Crippen LogP contribution in [0.15, 0.2) is 29.6 Å². The molecule has 1 N–H and O–H groups in total. The van der Waals surface area contributed by atoms with Crippen molar-refractivity contribution in [3.63, 3.8) is 0 Å². The highest BCUT2D eigenvalue weighted by Gasteiger charge is 2.12. The molecular weight excluding hydrogens is 304 g/mol. The maximum absolute atomic E-state index is 11.8. The smallest absolute Gasteiger partial charge is 0.325 e. The predicted molar refractivity (Wildman–Crippen MR) is 82.0 cm³/mol. The third-order valence-electron chi connectivity index (χ3n) is 2.79. The number of rotatable bonds is 6. The highest BCUT2D eigenvalue weighted by molar-refractivity contribution is 7.09. The molecule has 0 aliphatic rings. The van der Waals surface area contributed by atoms with Crippen molar-refractivity contribution >= 4 is 23.2 Å². The molecule has 0 atom stereocenters. The Bertz CT molecular complexity index is 652. The van der Waals surface area contributed by atoms with Gasteiger partial charge in [-0.1, -0.05) is 17.7 Å². The average molecular weight is 320 g/mol. The molecule has 1 aromatic carbocycles. The molecule has 1 amide bonds. The highest BCUT2D eigenvalue weighted by atomic mass is 32.1. The van der Waals surface area contributed by atoms with Gasteiger partial charge in [0, 0.05) is 5.38 Å². The van der Waals surface area contributed by atoms with E-state index in [1.54, 1.807) is 5.38 Å². The van der Waals surface area contributed by atoms with Gasteiger partial charge in [0.05, 0.1) is 7.11 Å². The molecule has 1 aromatic heterocycles. The molecule has 22 heavy (non-hydrogen) atoms. The molecule has 0 bridgehead atoms. The Morgan fingerprint density at radius 1 is 1.27 bits per heavy atom. The van der Waals surface area contributed by atoms with Gasteiger partial charge in [0.2, 0.25) is 0 Å². The van der Waals surface area contributed by atoms with Crippen molar-refractivity contribution < 1.29 is 19.1 Å². The summed E-state index contributed by atoms with van der Waals surface area (Å²) in [5.41, 5.74) is 1.42. The molecule has 0 spiro atoms. The van der Waals surface area contributed by atoms with Gasteiger partial charge in [-0.15, -0.1) is 11.3 Å². The standard InChI is InChI=1S/C15H16N2O4S/c1-10-3-5-11(6-4-10)21-8-13-17-12(9-22-13)15(19)16-7-14(18)20-2/h3-6,9H,7-8H2,1-2H3,(H,16,19). The molecule has 0 saturated carbocycles. The van der Waals surface area contributed by atoms with Gasteiger partial charge < -0.3 is 14.8 Å². The summed E-state index contributed by atoms with van der Waals surface area (Å²) in [5, 5.41) is 4.74. The van der Waals surface area contributed by atoms with Gasteiger partial charge in [-0.25, -0.2) is 4.98 Å². The van der Waals surface area contributed by atoms with Crippen LogP contribution in [0, 0.1) is 6.92 Å². The van der Waals surface area contributed by atoms with Gasteiger partial charge in [-0.2, -0.15) is 0 Å². The fourth-order valence-electron chi connectivity index (χ4n) is 1.58. The number of amides is 1. The van der Waals surface area contributed by atoms with Crippen LogP contribution in [-0.4, -0.2) is 30.5 Å². The van der Waals surface area contributed by atoms with E-state index in [-0.39, 0.29) is 18.8 Å². The van der Waals surface area contributed by atoms with Crippen LogP contribution in [0.4, 0.5) is 0 Å². The second kappa shape index (κ2) is 7.56. The Labute approximate surface area is 132 Å². The first kappa shape index (κ1) is 16.0. The lowest BCUT2D eigenvalue weighted by Crippen LogP contribution is -2.30. The van der Waals surface area contributed by atoms with E-state index in [0.29, 0.717) is 5.01 Å². The zero-order valence-corrected chi connectivity index (χ0v) is 13.1. The largest absolute Gasteiger partial charge is 0.486 e. The fraction of sp³-hybridized carbons (Fsp3) is 0.267. The average Bonchev–Trinajstić information content (AvgIpc) is 3.00. The molecule has 2 rings (SSSR count). The van der Waals surface area contributed by atoms with Crippen LogP contribution in [0.5, 0.6) is 5.75 Å². The minimum absolute atomic E-state index is 0.179. The quantitative estimate of drug-likeness (QED) is 0.823. The van der Waals surface area contributed by atoms with Crippen molar-refractivity contribution in [2.24, 2.45) is 0 Å². The molecule has 2 aromatic rings. The Balaban J connectivity index is 1.86. The first-order valence-electron chi connectivity index (χ1n) is 6.57. The first-order chi connectivity index (χ1) is 10.6. The lowest BCUT2D eigenvalue weighted by atomic mass is 10.2. The maximum atomic E-state index is 11.8. The molecule has 7 heteroatoms. The van der Waals surface area contributed by atoms with Crippen LogP contribution < -0.4 is 10.1 Å². The molecule has 0 unspecified atom stereocenters. The second-order valence-corrected chi connectivity index (χ2v) is 5.43. The van der Waals surface area contributed by atoms with Crippen LogP contribution in [-0.2, 0) is 16.1 Å². The normalized spacial score (nSPS) is 10.1. The SMILES string of the molecule is COC(=O)CNC(=O)c1csc(COc2ccc(C)cc2)n1. The van der Waals surface area contributed by atoms with Crippen molar-refractivity contribution in [3.05, 3.63) is 45.9 Å². The van der Waals surface area contributed by atoms with E-state index >= 15 is 0 Å². The number of aromatic nitrogens is 1. The van der Waals surface area contributed by atoms with Crippen molar-refractivity contribution in [1.29, 1.82) is 0 Å². The summed E-state index contributed by atoms with van der Waals surface area (Å²) >= 11 is 1.33. The van der Waals surface area contributed by atoms with Crippen LogP contribution in [0.2, 0.25) is 0 Å². The van der Waals surface area contributed by atoms with Crippen LogP contribution in [0.1, 0.15) is 21.1 Å². The number of carbonyl (C=O) groups excluding carboxylic acids is 2. The highest BCUT2D eigenvalue weighted by Crippen LogP contribution is 2.16. The fourth-order valence-corrected chi connectivity index (χ4v) is 2.26. The molecule has 0 saturated heterocycles. The summed E-state index contributed by atoms with van der Waals surface area (Å²) in [4.78, 5) is 26.9. The lowest BCUT2D eigenvalue weighted by molar-refractivity contribution is -0.139. The van der Waals surface area contributed by atoms with Crippen molar-refractivity contribution in [2.45, 2.75) is 13.5 Å². The third kappa shape index (κ3) is 4.56. The molecule has 0 radical (unpaired) electrons. The Hall–Kier alpha value is -2.41. The molecular formula is C15H16N2O4S. The Morgan fingerprint density at radius 3 is 2.68 bits per heavy atom. The number of ether oxygens (including phenoxy) is 2. The topological polar surface area (TPSA) is 77.5 Å². The zero-order chi connectivity index (χ0) is 15.9. The van der Waals surface area contributed by atoms with Gasteiger partial charge in [0.25, 0.3) is 5.91 Å². The maximum Gasteiger partial charge on any atom is 0.325 e. The molecule has 1 heterocycles. The number of thiazole rings is 1. The minimum atomic E-state index is -0.508. The molecule has 116 valence electrons. The number of hydrogen-bond donors (Lipinski definition) is 1. The monoisotopic (exact) mass is 320 g/mol. The number of nitrogens with zero attached hydrogens (tertiary/aromatic N) is 1. The van der Waals surface area contributed by atoms with E-state index in [1.807, 2.05) is 31.2 Å². The minimum Gasteiger partial charge on any atom is -0.486 e.